The van der Waals surface area contributed by atoms with E-state index < -0.39 is 0 Å². The maximum absolute atomic E-state index is 9.45. The number of phenolic OH excluding ortho intramolecular Hbond substituents is 1. The number of rotatable bonds is 1. The summed E-state index contributed by atoms with van der Waals surface area (Å²) in [6.45, 7) is 6.37. The maximum Gasteiger partial charge on any atom is 0.117 e. The molecule has 3 heteroatoms. The minimum atomic E-state index is 0.339. The zero-order valence-electron chi connectivity index (χ0n) is 9.27. The minimum absolute atomic E-state index is 0.339. The Hall–Kier alpha value is -1.22. The monoisotopic (exact) mass is 206 g/mol. The van der Waals surface area contributed by atoms with E-state index in [9.17, 15) is 5.11 Å². The maximum atomic E-state index is 9.45. The highest BCUT2D eigenvalue weighted by atomic mass is 16.3. The van der Waals surface area contributed by atoms with E-state index in [-0.39, 0.29) is 0 Å². The summed E-state index contributed by atoms with van der Waals surface area (Å²) in [5.74, 6) is 0.339. The third kappa shape index (κ3) is 2.23. The smallest absolute Gasteiger partial charge is 0.117 e. The van der Waals surface area contributed by atoms with Crippen LogP contribution in [0.3, 0.4) is 0 Å². The fourth-order valence-electron chi connectivity index (χ4n) is 2.05. The van der Waals surface area contributed by atoms with Gasteiger partial charge in [-0.25, -0.2) is 0 Å². The van der Waals surface area contributed by atoms with Crippen molar-refractivity contribution < 1.29 is 5.11 Å². The number of hydrogen-bond donors (Lipinski definition) is 2. The second kappa shape index (κ2) is 4.11. The van der Waals surface area contributed by atoms with E-state index in [1.54, 1.807) is 6.07 Å². The van der Waals surface area contributed by atoms with Gasteiger partial charge in [-0.05, 0) is 26.0 Å². The van der Waals surface area contributed by atoms with Crippen LogP contribution in [0.4, 0.5) is 5.69 Å². The predicted octanol–water partition coefficient (Wildman–Crippen LogP) is 1.58. The largest absolute Gasteiger partial charge is 0.508 e. The molecule has 0 radical (unpaired) electrons. The van der Waals surface area contributed by atoms with Gasteiger partial charge in [0.1, 0.15) is 5.75 Å². The van der Waals surface area contributed by atoms with E-state index in [0.717, 1.165) is 18.8 Å². The van der Waals surface area contributed by atoms with Crippen molar-refractivity contribution in [3.63, 3.8) is 0 Å². The van der Waals surface area contributed by atoms with Gasteiger partial charge in [-0.3, -0.25) is 0 Å². The van der Waals surface area contributed by atoms with Crippen LogP contribution in [0, 0.1) is 0 Å². The van der Waals surface area contributed by atoms with E-state index in [0.29, 0.717) is 17.8 Å². The summed E-state index contributed by atoms with van der Waals surface area (Å²) in [4.78, 5) is 2.33. The molecule has 15 heavy (non-hydrogen) atoms. The Morgan fingerprint density at radius 1 is 1.40 bits per heavy atom. The van der Waals surface area contributed by atoms with Gasteiger partial charge in [-0.15, -0.1) is 0 Å². The molecular weight excluding hydrogens is 188 g/mol. The number of nitrogens with zero attached hydrogens (tertiary/aromatic N) is 1. The van der Waals surface area contributed by atoms with Gasteiger partial charge in [0.25, 0.3) is 0 Å². The molecule has 0 bridgehead atoms. The SMILES string of the molecule is CC1CN(c2cccc(O)c2)C(C)CN1. The van der Waals surface area contributed by atoms with Crippen LogP contribution in [0.15, 0.2) is 24.3 Å². The summed E-state index contributed by atoms with van der Waals surface area (Å²) in [6, 6.07) is 8.46. The first-order chi connectivity index (χ1) is 7.16. The number of aromatic hydroxyl groups is 1. The lowest BCUT2D eigenvalue weighted by atomic mass is 10.1. The molecule has 1 aliphatic heterocycles. The molecule has 0 aromatic heterocycles. The van der Waals surface area contributed by atoms with Crippen molar-refractivity contribution in [3.8, 4) is 5.75 Å². The Morgan fingerprint density at radius 3 is 2.93 bits per heavy atom. The van der Waals surface area contributed by atoms with Crippen molar-refractivity contribution in [2.24, 2.45) is 0 Å². The molecule has 0 saturated carbocycles. The van der Waals surface area contributed by atoms with Crippen LogP contribution in [0.25, 0.3) is 0 Å². The molecule has 2 N–H and O–H groups in total. The number of benzene rings is 1. The summed E-state index contributed by atoms with van der Waals surface area (Å²) < 4.78 is 0. The summed E-state index contributed by atoms with van der Waals surface area (Å²) in [5, 5.41) is 12.9. The van der Waals surface area contributed by atoms with Gasteiger partial charge in [0.15, 0.2) is 0 Å². The molecule has 0 spiro atoms. The van der Waals surface area contributed by atoms with E-state index in [4.69, 9.17) is 0 Å². The molecule has 2 unspecified atom stereocenters. The lowest BCUT2D eigenvalue weighted by Gasteiger charge is -2.39. The van der Waals surface area contributed by atoms with E-state index in [1.165, 1.54) is 0 Å². The van der Waals surface area contributed by atoms with Crippen LogP contribution in [0.5, 0.6) is 5.75 Å². The highest BCUT2D eigenvalue weighted by molar-refractivity contribution is 5.51. The van der Waals surface area contributed by atoms with Crippen LogP contribution in [-0.2, 0) is 0 Å². The summed E-state index contributed by atoms with van der Waals surface area (Å²) in [5.41, 5.74) is 1.11. The molecular formula is C12H18N2O. The van der Waals surface area contributed by atoms with Crippen LogP contribution < -0.4 is 10.2 Å². The molecule has 1 aromatic carbocycles. The highest BCUT2D eigenvalue weighted by Crippen LogP contribution is 2.23. The standard InChI is InChI=1S/C12H18N2O/c1-9-8-14(10(2)7-13-9)11-4-3-5-12(15)6-11/h3-6,9-10,13,15H,7-8H2,1-2H3. The van der Waals surface area contributed by atoms with Gasteiger partial charge in [0, 0.05) is 36.9 Å². The first-order valence-corrected chi connectivity index (χ1v) is 5.46. The molecule has 1 saturated heterocycles. The first kappa shape index (κ1) is 10.3. The number of hydrogen-bond acceptors (Lipinski definition) is 3. The van der Waals surface area contributed by atoms with Crippen molar-refractivity contribution >= 4 is 5.69 Å². The second-order valence-corrected chi connectivity index (χ2v) is 4.33. The Labute approximate surface area is 90.7 Å². The Balaban J connectivity index is 2.21. The Bertz CT molecular complexity index is 340. The van der Waals surface area contributed by atoms with Gasteiger partial charge >= 0.3 is 0 Å². The van der Waals surface area contributed by atoms with Crippen molar-refractivity contribution in [1.29, 1.82) is 0 Å². The second-order valence-electron chi connectivity index (χ2n) is 4.33. The Kier molecular flexibility index (Phi) is 2.82. The summed E-state index contributed by atoms with van der Waals surface area (Å²) in [7, 11) is 0. The first-order valence-electron chi connectivity index (χ1n) is 5.46. The van der Waals surface area contributed by atoms with Crippen molar-refractivity contribution in [2.45, 2.75) is 25.9 Å². The molecule has 2 rings (SSSR count). The predicted molar refractivity (Wildman–Crippen MR) is 62.4 cm³/mol. The van der Waals surface area contributed by atoms with Crippen LogP contribution >= 0.6 is 0 Å². The Morgan fingerprint density at radius 2 is 2.20 bits per heavy atom. The van der Waals surface area contributed by atoms with E-state index >= 15 is 0 Å². The molecule has 1 fully saturated rings. The molecule has 1 aromatic rings. The normalized spacial score (nSPS) is 26.7. The quantitative estimate of drug-likeness (QED) is 0.732. The number of anilines is 1. The summed E-state index contributed by atoms with van der Waals surface area (Å²) in [6.07, 6.45) is 0. The molecule has 3 nitrogen and oxygen atoms in total. The third-order valence-electron chi connectivity index (χ3n) is 2.93. The number of piperazine rings is 1. The van der Waals surface area contributed by atoms with Crippen LogP contribution in [0.1, 0.15) is 13.8 Å². The molecule has 82 valence electrons. The molecule has 1 aliphatic rings. The van der Waals surface area contributed by atoms with Gasteiger partial charge in [0.05, 0.1) is 0 Å². The fourth-order valence-corrected chi connectivity index (χ4v) is 2.05. The zero-order valence-corrected chi connectivity index (χ0v) is 9.27. The number of nitrogens with one attached hydrogen (secondary N) is 1. The lowest BCUT2D eigenvalue weighted by molar-refractivity contribution is 0.424. The summed E-state index contributed by atoms with van der Waals surface area (Å²) >= 11 is 0. The zero-order chi connectivity index (χ0) is 10.8. The highest BCUT2D eigenvalue weighted by Gasteiger charge is 2.22. The van der Waals surface area contributed by atoms with Gasteiger partial charge < -0.3 is 15.3 Å². The van der Waals surface area contributed by atoms with E-state index in [1.807, 2.05) is 18.2 Å². The third-order valence-corrected chi connectivity index (χ3v) is 2.93. The van der Waals surface area contributed by atoms with Crippen LogP contribution in [0.2, 0.25) is 0 Å². The average molecular weight is 206 g/mol. The van der Waals surface area contributed by atoms with Gasteiger partial charge in [0.2, 0.25) is 0 Å². The molecule has 0 aliphatic carbocycles. The number of phenols is 1. The topological polar surface area (TPSA) is 35.5 Å². The molecule has 1 heterocycles. The average Bonchev–Trinajstić information content (AvgIpc) is 2.22. The van der Waals surface area contributed by atoms with Gasteiger partial charge in [-0.2, -0.15) is 0 Å². The fraction of sp³-hybridized carbons (Fsp3) is 0.500. The van der Waals surface area contributed by atoms with Crippen molar-refractivity contribution in [1.82, 2.24) is 5.32 Å². The molecule has 2 atom stereocenters. The lowest BCUT2D eigenvalue weighted by Crippen LogP contribution is -2.54. The van der Waals surface area contributed by atoms with Crippen molar-refractivity contribution in [2.75, 3.05) is 18.0 Å². The van der Waals surface area contributed by atoms with Gasteiger partial charge in [-0.1, -0.05) is 6.07 Å². The minimum Gasteiger partial charge on any atom is -0.508 e. The van der Waals surface area contributed by atoms with Crippen LogP contribution in [-0.4, -0.2) is 30.3 Å². The molecule has 0 amide bonds. The van der Waals surface area contributed by atoms with E-state index in [2.05, 4.69) is 24.1 Å². The van der Waals surface area contributed by atoms with Crippen molar-refractivity contribution in [3.05, 3.63) is 24.3 Å².